The van der Waals surface area contributed by atoms with Crippen molar-refractivity contribution in [3.05, 3.63) is 34.4 Å². The highest BCUT2D eigenvalue weighted by Crippen LogP contribution is 2.24. The van der Waals surface area contributed by atoms with Crippen LogP contribution in [-0.4, -0.2) is 30.2 Å². The number of hydrogen-bond acceptors (Lipinski definition) is 3. The van der Waals surface area contributed by atoms with Crippen molar-refractivity contribution in [2.45, 2.75) is 32.9 Å². The lowest BCUT2D eigenvalue weighted by Gasteiger charge is -2.31. The number of benzene rings is 1. The number of rotatable bonds is 3. The maximum atomic E-state index is 11.8. The Kier molecular flexibility index (Phi) is 3.57. The summed E-state index contributed by atoms with van der Waals surface area (Å²) in [6.45, 7) is 5.78. The van der Waals surface area contributed by atoms with Gasteiger partial charge < -0.3 is 5.32 Å². The Bertz CT molecular complexity index is 554. The lowest BCUT2D eigenvalue weighted by Crippen LogP contribution is -2.33. The van der Waals surface area contributed by atoms with Crippen LogP contribution in [0.4, 0.5) is 0 Å². The predicted molar refractivity (Wildman–Crippen MR) is 76.7 cm³/mol. The molecule has 1 atom stereocenters. The lowest BCUT2D eigenvalue weighted by molar-refractivity contribution is 0.0965. The quantitative estimate of drug-likeness (QED) is 0.856. The highest BCUT2D eigenvalue weighted by atomic mass is 16.2. The molecule has 0 aromatic heterocycles. The van der Waals surface area contributed by atoms with Crippen molar-refractivity contribution in [3.8, 4) is 0 Å². The Morgan fingerprint density at radius 2 is 2.30 bits per heavy atom. The first kappa shape index (κ1) is 13.3. The van der Waals surface area contributed by atoms with E-state index in [2.05, 4.69) is 17.1 Å². The molecule has 1 aromatic rings. The van der Waals surface area contributed by atoms with Crippen LogP contribution in [0.15, 0.2) is 12.1 Å². The van der Waals surface area contributed by atoms with Crippen LogP contribution in [0.3, 0.4) is 0 Å². The average molecular weight is 272 g/mol. The Morgan fingerprint density at radius 1 is 1.45 bits per heavy atom. The number of carbonyl (C=O) groups is 2. The van der Waals surface area contributed by atoms with Gasteiger partial charge in [-0.05, 0) is 48.6 Å². The summed E-state index contributed by atoms with van der Waals surface area (Å²) in [4.78, 5) is 25.4. The van der Waals surface area contributed by atoms with Gasteiger partial charge >= 0.3 is 0 Å². The van der Waals surface area contributed by atoms with E-state index in [-0.39, 0.29) is 5.91 Å². The zero-order valence-corrected chi connectivity index (χ0v) is 11.8. The first-order valence-corrected chi connectivity index (χ1v) is 7.29. The minimum absolute atomic E-state index is 0.0584. The van der Waals surface area contributed by atoms with Crippen molar-refractivity contribution in [2.24, 2.45) is 5.92 Å². The summed E-state index contributed by atoms with van der Waals surface area (Å²) in [5, 5.41) is 2.79. The molecule has 0 radical (unpaired) electrons. The van der Waals surface area contributed by atoms with E-state index in [0.29, 0.717) is 17.7 Å². The molecule has 0 unspecified atom stereocenters. The summed E-state index contributed by atoms with van der Waals surface area (Å²) in [7, 11) is 0. The summed E-state index contributed by atoms with van der Waals surface area (Å²) in [6.07, 6.45) is 3.39. The van der Waals surface area contributed by atoms with Gasteiger partial charge in [0.15, 0.2) is 0 Å². The van der Waals surface area contributed by atoms with Gasteiger partial charge in [-0.25, -0.2) is 0 Å². The molecule has 1 saturated heterocycles. The third-order valence-electron chi connectivity index (χ3n) is 4.29. The standard InChI is InChI=1S/C16H20N2O2/c1-11-3-2-4-18(8-11)9-12-5-13(10-19)15-7-17-16(20)14(15)6-12/h5-6,10-11H,2-4,7-9H2,1H3,(H,17,20)/t11-/m0/s1. The number of likely N-dealkylation sites (tertiary alicyclic amines) is 1. The van der Waals surface area contributed by atoms with Gasteiger partial charge in [0.2, 0.25) is 0 Å². The van der Waals surface area contributed by atoms with E-state index in [4.69, 9.17) is 0 Å². The molecule has 3 rings (SSSR count). The molecule has 2 heterocycles. The summed E-state index contributed by atoms with van der Waals surface area (Å²) in [5.41, 5.74) is 3.24. The topological polar surface area (TPSA) is 49.4 Å². The Morgan fingerprint density at radius 3 is 3.05 bits per heavy atom. The first-order valence-electron chi connectivity index (χ1n) is 7.29. The van der Waals surface area contributed by atoms with Crippen molar-refractivity contribution in [1.82, 2.24) is 10.2 Å². The van der Waals surface area contributed by atoms with Gasteiger partial charge in [0.05, 0.1) is 0 Å². The van der Waals surface area contributed by atoms with Crippen LogP contribution in [0.2, 0.25) is 0 Å². The number of hydrogen-bond donors (Lipinski definition) is 1. The Labute approximate surface area is 119 Å². The normalized spacial score (nSPS) is 22.4. The fraction of sp³-hybridized carbons (Fsp3) is 0.500. The average Bonchev–Trinajstić information content (AvgIpc) is 2.80. The van der Waals surface area contributed by atoms with Gasteiger partial charge in [-0.15, -0.1) is 0 Å². The van der Waals surface area contributed by atoms with E-state index in [1.54, 1.807) is 0 Å². The second kappa shape index (κ2) is 5.37. The van der Waals surface area contributed by atoms with Crippen molar-refractivity contribution >= 4 is 12.2 Å². The van der Waals surface area contributed by atoms with Crippen LogP contribution in [0.1, 0.15) is 51.6 Å². The van der Waals surface area contributed by atoms with Crippen molar-refractivity contribution < 1.29 is 9.59 Å². The van der Waals surface area contributed by atoms with Crippen LogP contribution in [0.25, 0.3) is 0 Å². The largest absolute Gasteiger partial charge is 0.348 e. The molecule has 2 aliphatic rings. The molecule has 1 aromatic carbocycles. The van der Waals surface area contributed by atoms with Crippen LogP contribution >= 0.6 is 0 Å². The molecular formula is C16H20N2O2. The fourth-order valence-electron chi connectivity index (χ4n) is 3.31. The molecular weight excluding hydrogens is 252 g/mol. The van der Waals surface area contributed by atoms with E-state index >= 15 is 0 Å². The molecule has 4 heteroatoms. The van der Waals surface area contributed by atoms with Crippen LogP contribution < -0.4 is 5.32 Å². The first-order chi connectivity index (χ1) is 9.67. The van der Waals surface area contributed by atoms with Crippen LogP contribution in [-0.2, 0) is 13.1 Å². The van der Waals surface area contributed by atoms with Gasteiger partial charge in [-0.3, -0.25) is 14.5 Å². The molecule has 20 heavy (non-hydrogen) atoms. The number of aldehydes is 1. The van der Waals surface area contributed by atoms with Gasteiger partial charge in [0.25, 0.3) is 5.91 Å². The smallest absolute Gasteiger partial charge is 0.251 e. The maximum absolute atomic E-state index is 11.8. The second-order valence-electron chi connectivity index (χ2n) is 5.99. The van der Waals surface area contributed by atoms with E-state index in [1.165, 1.54) is 12.8 Å². The van der Waals surface area contributed by atoms with Crippen LogP contribution in [0.5, 0.6) is 0 Å². The zero-order chi connectivity index (χ0) is 14.1. The highest BCUT2D eigenvalue weighted by Gasteiger charge is 2.23. The summed E-state index contributed by atoms with van der Waals surface area (Å²) in [6, 6.07) is 3.88. The summed E-state index contributed by atoms with van der Waals surface area (Å²) in [5.74, 6) is 0.670. The molecule has 0 aliphatic carbocycles. The number of amides is 1. The number of carbonyl (C=O) groups excluding carboxylic acids is 2. The predicted octanol–water partition coefficient (Wildman–Crippen LogP) is 1.97. The molecule has 2 aliphatic heterocycles. The number of piperidine rings is 1. The van der Waals surface area contributed by atoms with E-state index in [0.717, 1.165) is 43.0 Å². The molecule has 1 fully saturated rings. The molecule has 0 spiro atoms. The van der Waals surface area contributed by atoms with E-state index < -0.39 is 0 Å². The molecule has 4 nitrogen and oxygen atoms in total. The van der Waals surface area contributed by atoms with Crippen LogP contribution in [0, 0.1) is 5.92 Å². The maximum Gasteiger partial charge on any atom is 0.251 e. The minimum Gasteiger partial charge on any atom is -0.348 e. The molecule has 0 saturated carbocycles. The van der Waals surface area contributed by atoms with Gasteiger partial charge in [0.1, 0.15) is 6.29 Å². The van der Waals surface area contributed by atoms with Crippen molar-refractivity contribution in [3.63, 3.8) is 0 Å². The number of nitrogens with one attached hydrogen (secondary N) is 1. The fourth-order valence-corrected chi connectivity index (χ4v) is 3.31. The van der Waals surface area contributed by atoms with Crippen molar-refractivity contribution in [2.75, 3.05) is 13.1 Å². The van der Waals surface area contributed by atoms with Crippen molar-refractivity contribution in [1.29, 1.82) is 0 Å². The van der Waals surface area contributed by atoms with Gasteiger partial charge in [-0.1, -0.05) is 6.92 Å². The molecule has 1 amide bonds. The van der Waals surface area contributed by atoms with E-state index in [1.807, 2.05) is 12.1 Å². The summed E-state index contributed by atoms with van der Waals surface area (Å²) >= 11 is 0. The zero-order valence-electron chi connectivity index (χ0n) is 11.8. The SMILES string of the molecule is C[C@H]1CCCN(Cc2cc(C=O)c3c(c2)C(=O)NC3)C1. The number of nitrogens with zero attached hydrogens (tertiary/aromatic N) is 1. The monoisotopic (exact) mass is 272 g/mol. The molecule has 0 bridgehead atoms. The lowest BCUT2D eigenvalue weighted by atomic mass is 9.97. The second-order valence-corrected chi connectivity index (χ2v) is 5.99. The Balaban J connectivity index is 1.85. The molecule has 1 N–H and O–H groups in total. The third-order valence-corrected chi connectivity index (χ3v) is 4.29. The number of fused-ring (bicyclic) bond motifs is 1. The van der Waals surface area contributed by atoms with E-state index in [9.17, 15) is 9.59 Å². The summed E-state index contributed by atoms with van der Waals surface area (Å²) < 4.78 is 0. The van der Waals surface area contributed by atoms with Gasteiger partial charge in [-0.2, -0.15) is 0 Å². The third kappa shape index (κ3) is 2.48. The Hall–Kier alpha value is -1.68. The molecule has 106 valence electrons. The minimum atomic E-state index is -0.0584. The highest BCUT2D eigenvalue weighted by molar-refractivity contribution is 6.01. The van der Waals surface area contributed by atoms with Gasteiger partial charge in [0, 0.05) is 30.8 Å².